The van der Waals surface area contributed by atoms with Gasteiger partial charge in [-0.1, -0.05) is 47.7 Å². The number of ketones is 3. The Labute approximate surface area is 375 Å². The van der Waals surface area contributed by atoms with Gasteiger partial charge in [0.2, 0.25) is 5.91 Å². The van der Waals surface area contributed by atoms with Gasteiger partial charge in [0.05, 0.1) is 46.6 Å². The second-order valence-corrected chi connectivity index (χ2v) is 16.8. The minimum absolute atomic E-state index is 0.0127. The number of carboxylic acid groups (broad SMARTS) is 2. The molecule has 65 heavy (non-hydrogen) atoms. The number of quaternary nitrogens is 1. The van der Waals surface area contributed by atoms with Crippen molar-refractivity contribution in [3.05, 3.63) is 59.9 Å². The number of hydrogen-bond acceptors (Lipinski definition) is 11. The number of aromatic nitrogens is 3. The van der Waals surface area contributed by atoms with Crippen LogP contribution in [0.2, 0.25) is 0 Å². The highest BCUT2D eigenvalue weighted by atomic mass is 19.4. The predicted octanol–water partition coefficient (Wildman–Crippen LogP) is 3.85. The number of carboxylic acids is 2. The van der Waals surface area contributed by atoms with Crippen molar-refractivity contribution >= 4 is 59.0 Å². The van der Waals surface area contributed by atoms with Crippen molar-refractivity contribution in [3.8, 4) is 0 Å². The summed E-state index contributed by atoms with van der Waals surface area (Å²) in [6.07, 6.45) is 1.81. The molecule has 3 aromatic rings. The van der Waals surface area contributed by atoms with Crippen LogP contribution in [-0.2, 0) is 57.8 Å². The second-order valence-electron chi connectivity index (χ2n) is 16.8. The summed E-state index contributed by atoms with van der Waals surface area (Å²) in [4.78, 5) is 85.9. The van der Waals surface area contributed by atoms with Gasteiger partial charge < -0.3 is 57.9 Å². The normalized spacial score (nSPS) is 13.1. The maximum atomic E-state index is 13.5. The molecule has 0 aliphatic heterocycles. The molecule has 1 unspecified atom stereocenters. The Morgan fingerprint density at radius 1 is 0.800 bits per heavy atom. The zero-order chi connectivity index (χ0) is 48.0. The number of rotatable bonds is 33. The molecule has 0 saturated carbocycles. The lowest BCUT2D eigenvalue weighted by atomic mass is 9.90. The fraction of sp³-hybridized carbons (Fsp3) is 0.558. The third kappa shape index (κ3) is 22.1. The molecule has 3 amide bonds. The fourth-order valence-corrected chi connectivity index (χ4v) is 7.03. The minimum Gasteiger partial charge on any atom is -0.480 e. The maximum absolute atomic E-state index is 13.5. The van der Waals surface area contributed by atoms with Gasteiger partial charge in [0, 0.05) is 44.8 Å². The first kappa shape index (κ1) is 53.6. The molecule has 5 N–H and O–H groups in total. The van der Waals surface area contributed by atoms with Gasteiger partial charge in [0.1, 0.15) is 42.4 Å². The van der Waals surface area contributed by atoms with Gasteiger partial charge in [-0.2, -0.15) is 0 Å². The smallest absolute Gasteiger partial charge is 0.480 e. The van der Waals surface area contributed by atoms with E-state index in [4.69, 9.17) is 9.47 Å². The van der Waals surface area contributed by atoms with Crippen LogP contribution in [0.4, 0.5) is 17.7 Å². The van der Waals surface area contributed by atoms with Crippen LogP contribution in [0.3, 0.4) is 0 Å². The van der Waals surface area contributed by atoms with Crippen molar-refractivity contribution in [2.45, 2.75) is 96.3 Å². The number of nitrogens with one attached hydrogen (secondary N) is 3. The molecule has 0 saturated heterocycles. The predicted molar refractivity (Wildman–Crippen MR) is 232 cm³/mol. The zero-order valence-electron chi connectivity index (χ0n) is 37.1. The molecule has 0 radical (unpaired) electrons. The molecule has 0 fully saturated rings. The van der Waals surface area contributed by atoms with Gasteiger partial charge in [-0.25, -0.2) is 19.1 Å². The third-order valence-electron chi connectivity index (χ3n) is 10.2. The number of aliphatic carboxylic acids is 2. The van der Waals surface area contributed by atoms with Gasteiger partial charge in [0.15, 0.2) is 5.78 Å². The number of nitrogens with zero attached hydrogens (tertiary/aromatic N) is 4. The van der Waals surface area contributed by atoms with E-state index in [0.29, 0.717) is 18.5 Å². The lowest BCUT2D eigenvalue weighted by molar-refractivity contribution is -0.895. The number of unbranched alkanes of at least 4 members (excludes halogenated alkanes) is 1. The number of ether oxygens (including phenoxy) is 2. The number of halogens is 3. The van der Waals surface area contributed by atoms with Crippen LogP contribution < -0.4 is 16.0 Å². The minimum atomic E-state index is -4.97. The van der Waals surface area contributed by atoms with E-state index < -0.39 is 49.4 Å². The van der Waals surface area contributed by atoms with E-state index in [0.717, 1.165) is 16.3 Å². The van der Waals surface area contributed by atoms with E-state index in [1.165, 1.54) is 31.9 Å². The summed E-state index contributed by atoms with van der Waals surface area (Å²) in [5.74, 6) is -4.34. The largest absolute Gasteiger partial charge is 0.531 e. The number of amides is 3. The van der Waals surface area contributed by atoms with E-state index in [-0.39, 0.29) is 125 Å². The van der Waals surface area contributed by atoms with Crippen molar-refractivity contribution in [1.29, 1.82) is 0 Å². The van der Waals surface area contributed by atoms with Crippen molar-refractivity contribution in [1.82, 2.24) is 30.9 Å². The molecule has 2 aromatic carbocycles. The molecule has 1 heterocycles. The zero-order valence-corrected chi connectivity index (χ0v) is 37.1. The monoisotopic (exact) mass is 919 g/mol. The van der Waals surface area contributed by atoms with Crippen LogP contribution in [0, 0.1) is 5.92 Å². The molecule has 0 aliphatic rings. The Kier molecular flexibility index (Phi) is 22.2. The Hall–Kier alpha value is -5.74. The van der Waals surface area contributed by atoms with Crippen LogP contribution in [0.5, 0.6) is 0 Å². The molecule has 0 spiro atoms. The fourth-order valence-electron chi connectivity index (χ4n) is 7.03. The first-order valence-electron chi connectivity index (χ1n) is 21.6. The van der Waals surface area contributed by atoms with Gasteiger partial charge >= 0.3 is 24.9 Å². The van der Waals surface area contributed by atoms with Crippen LogP contribution in [0.1, 0.15) is 76.0 Å². The number of benzene rings is 2. The highest BCUT2D eigenvalue weighted by Crippen LogP contribution is 2.21. The number of carbonyl (C=O) groups is 7. The molecular weight excluding hydrogens is 858 g/mol. The molecule has 22 heteroatoms. The van der Waals surface area contributed by atoms with Crippen molar-refractivity contribution in [2.24, 2.45) is 5.92 Å². The Morgan fingerprint density at radius 2 is 1.46 bits per heavy atom. The Morgan fingerprint density at radius 3 is 2.12 bits per heavy atom. The summed E-state index contributed by atoms with van der Waals surface area (Å²) in [5, 5.41) is 36.0. The van der Waals surface area contributed by atoms with Crippen molar-refractivity contribution in [2.75, 3.05) is 53.5 Å². The molecule has 3 rings (SSSR count). The van der Waals surface area contributed by atoms with E-state index in [9.17, 15) is 56.7 Å². The second kappa shape index (κ2) is 26.9. The van der Waals surface area contributed by atoms with E-state index >= 15 is 0 Å². The van der Waals surface area contributed by atoms with E-state index in [1.54, 1.807) is 0 Å². The SMILES string of the molecule is CC(=O)CC[C@H](NC(=O)N[C@@H](CCCCNC(=O)C(CC(=O)CCOCCOCCCC(=O)Cn1cc(C[N+](C)(C)C[B-](F)(F)F)nn1)Cc1ccc2ccccc2c1)C(=O)O)C(=O)O. The van der Waals surface area contributed by atoms with Gasteiger partial charge in [-0.3, -0.25) is 14.4 Å². The third-order valence-corrected chi connectivity index (χ3v) is 10.2. The van der Waals surface area contributed by atoms with Crippen LogP contribution >= 0.6 is 0 Å². The Balaban J connectivity index is 1.39. The number of carbonyl (C=O) groups excluding carboxylic acids is 5. The summed E-state index contributed by atoms with van der Waals surface area (Å²) >= 11 is 0. The summed E-state index contributed by atoms with van der Waals surface area (Å²) < 4.78 is 50.8. The first-order chi connectivity index (χ1) is 30.7. The molecule has 0 aliphatic carbocycles. The van der Waals surface area contributed by atoms with Crippen molar-refractivity contribution < 1.29 is 70.7 Å². The summed E-state index contributed by atoms with van der Waals surface area (Å²) in [5.41, 5.74) is 1.22. The molecular formula is C43H61BF3N7O11. The van der Waals surface area contributed by atoms with Crippen molar-refractivity contribution in [3.63, 3.8) is 0 Å². The summed E-state index contributed by atoms with van der Waals surface area (Å²) in [6, 6.07) is 9.86. The average Bonchev–Trinajstić information content (AvgIpc) is 3.64. The number of urea groups is 1. The molecule has 0 bridgehead atoms. The number of fused-ring (bicyclic) bond motifs is 1. The summed E-state index contributed by atoms with van der Waals surface area (Å²) in [7, 11) is 2.91. The van der Waals surface area contributed by atoms with Gasteiger partial charge in [-0.15, -0.1) is 5.10 Å². The van der Waals surface area contributed by atoms with E-state index in [2.05, 4.69) is 26.3 Å². The molecule has 18 nitrogen and oxygen atoms in total. The van der Waals surface area contributed by atoms with Crippen LogP contribution in [0.25, 0.3) is 10.8 Å². The molecule has 3 atom stereocenters. The molecule has 358 valence electrons. The first-order valence-corrected chi connectivity index (χ1v) is 21.6. The quantitative estimate of drug-likeness (QED) is 0.0332. The number of Topliss-reactive ketones (excluding diaryl/α,β-unsaturated/α-hetero) is 3. The standard InChI is InChI=1S/C43H61BF3N7O11/c1-30(55)13-16-39(42(61)62)50-43(63)49-38(41(59)60)12-6-7-18-48-40(58)34(24-31-14-15-32-9-4-5-10-33(32)23-31)25-36(56)17-20-65-22-21-64-19-8-11-37(57)27-53-26-35(51-52-53)28-54(2,3)29-44(45,46)47/h4-5,9-10,14-15,23,26,34,38-39H,6-8,11-13,16-22,24-25,27-29H2,1-3H3,(H,48,58)(H,59,60)(H,61,62)(H2,49,50,63)/t34?,38-,39-/m0/s1. The van der Waals surface area contributed by atoms with Gasteiger partial charge in [0.25, 0.3) is 0 Å². The highest BCUT2D eigenvalue weighted by molar-refractivity contribution is 6.58. The van der Waals surface area contributed by atoms with Gasteiger partial charge in [-0.05, 0) is 61.8 Å². The lowest BCUT2D eigenvalue weighted by Gasteiger charge is -2.33. The van der Waals surface area contributed by atoms with E-state index in [1.807, 2.05) is 42.5 Å². The average molecular weight is 920 g/mol. The highest BCUT2D eigenvalue weighted by Gasteiger charge is 2.34. The van der Waals surface area contributed by atoms with Crippen LogP contribution in [-0.4, -0.2) is 143 Å². The topological polar surface area (TPSA) is 245 Å². The maximum Gasteiger partial charge on any atom is 0.531 e. The number of hydrogen-bond donors (Lipinski definition) is 5. The molecule has 1 aromatic heterocycles. The summed E-state index contributed by atoms with van der Waals surface area (Å²) in [6.45, 7) is -2.77. The van der Waals surface area contributed by atoms with Crippen LogP contribution in [0.15, 0.2) is 48.7 Å². The lowest BCUT2D eigenvalue weighted by Crippen LogP contribution is -2.51. The Bertz CT molecular complexity index is 2070.